The average Bonchev–Trinajstić information content (AvgIpc) is 3.02. The molecule has 0 aliphatic rings. The number of carbonyl (C=O) groups excluding carboxylic acids is 1. The second-order valence-electron chi connectivity index (χ2n) is 5.56. The number of H-pyrrole nitrogens is 1. The first-order valence-electron chi connectivity index (χ1n) is 7.61. The van der Waals surface area contributed by atoms with E-state index in [1.54, 1.807) is 6.20 Å². The van der Waals surface area contributed by atoms with Crippen LogP contribution in [0.5, 0.6) is 0 Å². The van der Waals surface area contributed by atoms with E-state index in [1.807, 2.05) is 49.4 Å². The summed E-state index contributed by atoms with van der Waals surface area (Å²) in [6.45, 7) is 1.89. The zero-order chi connectivity index (χ0) is 16.7. The van der Waals surface area contributed by atoms with E-state index in [0.29, 0.717) is 17.1 Å². The number of pyridine rings is 2. The molecule has 0 atom stereocenters. The van der Waals surface area contributed by atoms with Crippen LogP contribution in [0.4, 0.5) is 0 Å². The lowest BCUT2D eigenvalue weighted by molar-refractivity contribution is 0.0593. The van der Waals surface area contributed by atoms with Crippen LogP contribution >= 0.6 is 0 Å². The molecule has 5 nitrogen and oxygen atoms in total. The molecule has 0 bridgehead atoms. The van der Waals surface area contributed by atoms with E-state index >= 15 is 0 Å². The summed E-state index contributed by atoms with van der Waals surface area (Å²) < 4.78 is 4.91. The topological polar surface area (TPSA) is 67.9 Å². The zero-order valence-electron chi connectivity index (χ0n) is 13.3. The SMILES string of the molecule is COC(=O)c1nc(-c2ccccn2)c2[nH]c3ccccc3c2c1C. The quantitative estimate of drug-likeness (QED) is 0.570. The number of nitrogens with one attached hydrogen (secondary N) is 1. The molecular weight excluding hydrogens is 302 g/mol. The summed E-state index contributed by atoms with van der Waals surface area (Å²) in [5.74, 6) is -0.447. The maximum atomic E-state index is 12.2. The van der Waals surface area contributed by atoms with Gasteiger partial charge in [0, 0.05) is 22.5 Å². The van der Waals surface area contributed by atoms with Crippen LogP contribution in [0.15, 0.2) is 48.7 Å². The van der Waals surface area contributed by atoms with Crippen molar-refractivity contribution in [1.82, 2.24) is 15.0 Å². The van der Waals surface area contributed by atoms with Crippen molar-refractivity contribution in [3.63, 3.8) is 0 Å². The van der Waals surface area contributed by atoms with Crippen LogP contribution < -0.4 is 0 Å². The van der Waals surface area contributed by atoms with E-state index < -0.39 is 5.97 Å². The van der Waals surface area contributed by atoms with Crippen LogP contribution in [0.2, 0.25) is 0 Å². The number of hydrogen-bond acceptors (Lipinski definition) is 4. The molecule has 0 aliphatic carbocycles. The third-order valence-corrected chi connectivity index (χ3v) is 4.18. The molecule has 0 spiro atoms. The first kappa shape index (κ1) is 14.4. The third-order valence-electron chi connectivity index (χ3n) is 4.18. The van der Waals surface area contributed by atoms with Gasteiger partial charge in [-0.3, -0.25) is 4.98 Å². The van der Waals surface area contributed by atoms with Gasteiger partial charge in [-0.15, -0.1) is 0 Å². The number of nitrogens with zero attached hydrogens (tertiary/aromatic N) is 2. The van der Waals surface area contributed by atoms with Crippen molar-refractivity contribution in [2.24, 2.45) is 0 Å². The average molecular weight is 317 g/mol. The normalized spacial score (nSPS) is 11.1. The van der Waals surface area contributed by atoms with Gasteiger partial charge < -0.3 is 9.72 Å². The number of ether oxygens (including phenoxy) is 1. The second-order valence-corrected chi connectivity index (χ2v) is 5.56. The van der Waals surface area contributed by atoms with E-state index in [9.17, 15) is 4.79 Å². The molecule has 0 aliphatic heterocycles. The Kier molecular flexibility index (Phi) is 3.27. The second kappa shape index (κ2) is 5.45. The molecule has 1 aromatic carbocycles. The summed E-state index contributed by atoms with van der Waals surface area (Å²) in [5, 5.41) is 2.02. The molecule has 4 rings (SSSR count). The molecule has 0 radical (unpaired) electrons. The molecule has 5 heteroatoms. The van der Waals surface area contributed by atoms with Gasteiger partial charge in [0.1, 0.15) is 5.69 Å². The number of hydrogen-bond donors (Lipinski definition) is 1. The summed E-state index contributed by atoms with van der Waals surface area (Å²) in [5.41, 5.74) is 4.34. The number of aryl methyl sites for hydroxylation is 1. The van der Waals surface area contributed by atoms with Crippen LogP contribution in [0, 0.1) is 6.92 Å². The summed E-state index contributed by atoms with van der Waals surface area (Å²) in [4.78, 5) is 24.6. The minimum absolute atomic E-state index is 0.315. The van der Waals surface area contributed by atoms with Gasteiger partial charge in [0.15, 0.2) is 5.69 Å². The maximum absolute atomic E-state index is 12.2. The van der Waals surface area contributed by atoms with Crippen molar-refractivity contribution < 1.29 is 9.53 Å². The highest BCUT2D eigenvalue weighted by atomic mass is 16.5. The van der Waals surface area contributed by atoms with Crippen molar-refractivity contribution in [3.8, 4) is 11.4 Å². The molecule has 4 aromatic rings. The highest BCUT2D eigenvalue weighted by Gasteiger charge is 2.21. The van der Waals surface area contributed by atoms with Gasteiger partial charge in [0.05, 0.1) is 18.3 Å². The van der Waals surface area contributed by atoms with Crippen LogP contribution in [0.25, 0.3) is 33.2 Å². The molecule has 3 aromatic heterocycles. The number of para-hydroxylation sites is 1. The van der Waals surface area contributed by atoms with Crippen molar-refractivity contribution in [2.75, 3.05) is 7.11 Å². The summed E-state index contributed by atoms with van der Waals surface area (Å²) in [6.07, 6.45) is 1.71. The lowest BCUT2D eigenvalue weighted by Crippen LogP contribution is -2.08. The van der Waals surface area contributed by atoms with Crippen LogP contribution in [0.1, 0.15) is 16.1 Å². The van der Waals surface area contributed by atoms with Crippen LogP contribution in [0.3, 0.4) is 0 Å². The minimum Gasteiger partial charge on any atom is -0.464 e. The Morgan fingerprint density at radius 2 is 1.92 bits per heavy atom. The van der Waals surface area contributed by atoms with Gasteiger partial charge >= 0.3 is 5.97 Å². The molecular formula is C19H15N3O2. The molecule has 1 N–H and O–H groups in total. The molecule has 0 unspecified atom stereocenters. The smallest absolute Gasteiger partial charge is 0.356 e. The largest absolute Gasteiger partial charge is 0.464 e. The van der Waals surface area contributed by atoms with Gasteiger partial charge in [-0.25, -0.2) is 9.78 Å². The molecule has 0 saturated carbocycles. The standard InChI is InChI=1S/C19H15N3O2/c1-11-15-12-7-3-4-8-13(12)21-18(15)17(14-9-5-6-10-20-14)22-16(11)19(23)24-2/h3-10,21H,1-2H3. The van der Waals surface area contributed by atoms with E-state index in [4.69, 9.17) is 4.74 Å². The highest BCUT2D eigenvalue weighted by molar-refractivity contribution is 6.14. The first-order chi connectivity index (χ1) is 11.7. The monoisotopic (exact) mass is 317 g/mol. The Hall–Kier alpha value is -3.21. The van der Waals surface area contributed by atoms with Gasteiger partial charge in [-0.05, 0) is 30.7 Å². The number of methoxy groups -OCH3 is 1. The van der Waals surface area contributed by atoms with Crippen LogP contribution in [-0.2, 0) is 4.74 Å². The predicted octanol–water partition coefficient (Wildman–Crippen LogP) is 3.87. The Labute approximate surface area is 138 Å². The molecule has 24 heavy (non-hydrogen) atoms. The summed E-state index contributed by atoms with van der Waals surface area (Å²) >= 11 is 0. The van der Waals surface area contributed by atoms with Crippen molar-refractivity contribution in [1.29, 1.82) is 0 Å². The third kappa shape index (κ3) is 2.06. The Morgan fingerprint density at radius 1 is 1.12 bits per heavy atom. The van der Waals surface area contributed by atoms with Gasteiger partial charge in [0.2, 0.25) is 0 Å². The van der Waals surface area contributed by atoms with Crippen molar-refractivity contribution >= 4 is 27.8 Å². The lowest BCUT2D eigenvalue weighted by Gasteiger charge is -2.09. The predicted molar refractivity (Wildman–Crippen MR) is 92.9 cm³/mol. The fraction of sp³-hybridized carbons (Fsp3) is 0.105. The lowest BCUT2D eigenvalue weighted by atomic mass is 10.0. The van der Waals surface area contributed by atoms with Crippen molar-refractivity contribution in [3.05, 3.63) is 59.9 Å². The van der Waals surface area contributed by atoms with E-state index in [-0.39, 0.29) is 0 Å². The van der Waals surface area contributed by atoms with E-state index in [2.05, 4.69) is 15.0 Å². The number of benzene rings is 1. The molecule has 3 heterocycles. The zero-order valence-corrected chi connectivity index (χ0v) is 13.3. The number of fused-ring (bicyclic) bond motifs is 3. The number of aromatic nitrogens is 3. The van der Waals surface area contributed by atoms with Crippen LogP contribution in [-0.4, -0.2) is 28.0 Å². The van der Waals surface area contributed by atoms with E-state index in [0.717, 1.165) is 27.4 Å². The highest BCUT2D eigenvalue weighted by Crippen LogP contribution is 2.34. The van der Waals surface area contributed by atoms with Gasteiger partial charge in [0.25, 0.3) is 0 Å². The first-order valence-corrected chi connectivity index (χ1v) is 7.61. The Balaban J connectivity index is 2.18. The summed E-state index contributed by atoms with van der Waals surface area (Å²) in [7, 11) is 1.36. The number of carbonyl (C=O) groups is 1. The molecule has 0 fully saturated rings. The molecule has 118 valence electrons. The number of esters is 1. The fourth-order valence-corrected chi connectivity index (χ4v) is 3.06. The number of rotatable bonds is 2. The molecule has 0 saturated heterocycles. The van der Waals surface area contributed by atoms with E-state index in [1.165, 1.54) is 7.11 Å². The Morgan fingerprint density at radius 3 is 2.67 bits per heavy atom. The van der Waals surface area contributed by atoms with Gasteiger partial charge in [-0.2, -0.15) is 0 Å². The summed E-state index contributed by atoms with van der Waals surface area (Å²) in [6, 6.07) is 13.6. The van der Waals surface area contributed by atoms with Crippen molar-refractivity contribution in [2.45, 2.75) is 6.92 Å². The minimum atomic E-state index is -0.447. The molecule has 0 amide bonds. The fourth-order valence-electron chi connectivity index (χ4n) is 3.06. The Bertz CT molecular complexity index is 1070. The number of aromatic amines is 1. The van der Waals surface area contributed by atoms with Gasteiger partial charge in [-0.1, -0.05) is 24.3 Å². The maximum Gasteiger partial charge on any atom is 0.356 e.